The molecule has 6 nitrogen and oxygen atoms in total. The topological polar surface area (TPSA) is 82.2 Å². The molecule has 1 aromatic carbocycles. The number of nitrogens with zero attached hydrogens (tertiary/aromatic N) is 2. The van der Waals surface area contributed by atoms with E-state index in [1.165, 1.54) is 11.6 Å². The second-order valence-corrected chi connectivity index (χ2v) is 8.90. The first-order valence-electron chi connectivity index (χ1n) is 10.4. The van der Waals surface area contributed by atoms with Crippen LogP contribution in [0.25, 0.3) is 5.69 Å². The van der Waals surface area contributed by atoms with Gasteiger partial charge in [0.2, 0.25) is 0 Å². The molecule has 2 aliphatic rings. The highest BCUT2D eigenvalue weighted by molar-refractivity contribution is 5.99. The first-order chi connectivity index (χ1) is 13.8. The fraction of sp³-hybridized carbons (Fsp3) is 0.545. The maximum atomic E-state index is 15.0. The molecule has 0 radical (unpaired) electrons. The van der Waals surface area contributed by atoms with Gasteiger partial charge in [-0.15, -0.1) is 0 Å². The molecule has 1 aliphatic carbocycles. The summed E-state index contributed by atoms with van der Waals surface area (Å²) in [4.78, 5) is 11.9. The monoisotopic (exact) mass is 400 g/mol. The number of anilines is 1. The van der Waals surface area contributed by atoms with Crippen LogP contribution in [0, 0.1) is 11.2 Å². The number of aryl methyl sites for hydroxylation is 1. The summed E-state index contributed by atoms with van der Waals surface area (Å²) in [5, 5.41) is 8.07. The number of hydrogen-bond acceptors (Lipinski definition) is 4. The third-order valence-corrected chi connectivity index (χ3v) is 6.06. The van der Waals surface area contributed by atoms with E-state index in [4.69, 9.17) is 15.6 Å². The predicted octanol–water partition coefficient (Wildman–Crippen LogP) is 3.39. The summed E-state index contributed by atoms with van der Waals surface area (Å²) in [5.41, 5.74) is 10.0. The molecule has 1 saturated heterocycles. The zero-order chi connectivity index (χ0) is 20.8. The number of benzene rings is 1. The molecule has 2 aromatic rings. The van der Waals surface area contributed by atoms with Crippen molar-refractivity contribution in [3.8, 4) is 5.69 Å². The van der Waals surface area contributed by atoms with Crippen molar-refractivity contribution in [1.82, 2.24) is 9.78 Å². The SMILES string of the molecule is CCc1nn(-c2cc(F)c(C(N)=O)c(N[C@@H]3CCOC3)c2)c2c1CCC(C)(C)C2. The second kappa shape index (κ2) is 7.44. The van der Waals surface area contributed by atoms with Crippen LogP contribution in [0.1, 0.15) is 60.9 Å². The van der Waals surface area contributed by atoms with Crippen LogP contribution in [0.4, 0.5) is 10.1 Å². The van der Waals surface area contributed by atoms with Gasteiger partial charge in [0, 0.05) is 18.4 Å². The lowest BCUT2D eigenvalue weighted by molar-refractivity contribution is 0.0997. The van der Waals surface area contributed by atoms with E-state index in [9.17, 15) is 9.18 Å². The number of nitrogens with one attached hydrogen (secondary N) is 1. The van der Waals surface area contributed by atoms with Gasteiger partial charge in [-0.2, -0.15) is 5.10 Å². The lowest BCUT2D eigenvalue weighted by Gasteiger charge is -2.30. The third kappa shape index (κ3) is 3.75. The Bertz CT molecular complexity index is 945. The molecule has 0 saturated carbocycles. The minimum atomic E-state index is -0.784. The zero-order valence-electron chi connectivity index (χ0n) is 17.3. The van der Waals surface area contributed by atoms with Gasteiger partial charge in [-0.1, -0.05) is 20.8 Å². The quantitative estimate of drug-likeness (QED) is 0.806. The summed E-state index contributed by atoms with van der Waals surface area (Å²) < 4.78 is 22.2. The standard InChI is InChI=1S/C22H29FN4O2/c1-4-17-15-5-7-22(2,3)11-19(15)27(26-17)14-9-16(23)20(21(24)28)18(10-14)25-13-6-8-29-12-13/h9-10,13,25H,4-8,11-12H2,1-3H3,(H2,24,28)/t13-/m1/s1. The molecule has 7 heteroatoms. The number of hydrogen-bond donors (Lipinski definition) is 2. The maximum absolute atomic E-state index is 15.0. The van der Waals surface area contributed by atoms with E-state index in [0.29, 0.717) is 24.6 Å². The highest BCUT2D eigenvalue weighted by Crippen LogP contribution is 2.38. The van der Waals surface area contributed by atoms with Crippen molar-refractivity contribution in [2.45, 2.75) is 58.9 Å². The lowest BCUT2D eigenvalue weighted by Crippen LogP contribution is -2.25. The highest BCUT2D eigenvalue weighted by atomic mass is 19.1. The van der Waals surface area contributed by atoms with E-state index in [1.807, 2.05) is 4.68 Å². The molecule has 4 rings (SSSR count). The molecule has 1 fully saturated rings. The van der Waals surface area contributed by atoms with Crippen molar-refractivity contribution >= 4 is 11.6 Å². The van der Waals surface area contributed by atoms with Gasteiger partial charge in [0.25, 0.3) is 5.91 Å². The summed E-state index contributed by atoms with van der Waals surface area (Å²) in [7, 11) is 0. The van der Waals surface area contributed by atoms with Gasteiger partial charge in [0.1, 0.15) is 5.82 Å². The van der Waals surface area contributed by atoms with Crippen molar-refractivity contribution in [3.63, 3.8) is 0 Å². The number of fused-ring (bicyclic) bond motifs is 1. The predicted molar refractivity (Wildman–Crippen MR) is 110 cm³/mol. The van der Waals surface area contributed by atoms with E-state index >= 15 is 0 Å². The van der Waals surface area contributed by atoms with Gasteiger partial charge in [-0.25, -0.2) is 9.07 Å². The summed E-state index contributed by atoms with van der Waals surface area (Å²) in [6.45, 7) is 7.77. The molecule has 1 atom stereocenters. The molecule has 29 heavy (non-hydrogen) atoms. The number of halogens is 1. The second-order valence-electron chi connectivity index (χ2n) is 8.90. The Balaban J connectivity index is 1.82. The number of primary amides is 1. The number of rotatable bonds is 5. The van der Waals surface area contributed by atoms with Gasteiger partial charge in [0.15, 0.2) is 0 Å². The van der Waals surface area contributed by atoms with Crippen molar-refractivity contribution in [1.29, 1.82) is 0 Å². The Kier molecular flexibility index (Phi) is 5.11. The van der Waals surface area contributed by atoms with Crippen LogP contribution in [0.5, 0.6) is 0 Å². The molecule has 2 heterocycles. The van der Waals surface area contributed by atoms with Crippen molar-refractivity contribution in [2.75, 3.05) is 18.5 Å². The van der Waals surface area contributed by atoms with Crippen molar-refractivity contribution in [3.05, 3.63) is 40.5 Å². The van der Waals surface area contributed by atoms with E-state index in [0.717, 1.165) is 43.5 Å². The van der Waals surface area contributed by atoms with E-state index in [-0.39, 0.29) is 17.0 Å². The molecule has 1 aromatic heterocycles. The molecule has 0 bridgehead atoms. The summed E-state index contributed by atoms with van der Waals surface area (Å²) in [6.07, 6.45) is 4.62. The van der Waals surface area contributed by atoms with E-state index in [1.54, 1.807) is 6.07 Å². The number of ether oxygens (including phenoxy) is 1. The average molecular weight is 400 g/mol. The van der Waals surface area contributed by atoms with Crippen LogP contribution in [0.3, 0.4) is 0 Å². The number of carbonyl (C=O) groups excluding carboxylic acids is 1. The van der Waals surface area contributed by atoms with Gasteiger partial charge in [-0.3, -0.25) is 4.79 Å². The normalized spacial score (nSPS) is 20.5. The molecule has 3 N–H and O–H groups in total. The fourth-order valence-electron chi connectivity index (χ4n) is 4.46. The average Bonchev–Trinajstić information content (AvgIpc) is 3.27. The molecular formula is C22H29FN4O2. The number of amides is 1. The van der Waals surface area contributed by atoms with E-state index in [2.05, 4.69) is 26.1 Å². The third-order valence-electron chi connectivity index (χ3n) is 6.06. The van der Waals surface area contributed by atoms with Crippen LogP contribution in [0.2, 0.25) is 0 Å². The lowest BCUT2D eigenvalue weighted by atomic mass is 9.76. The first kappa shape index (κ1) is 19.9. The molecule has 1 aliphatic heterocycles. The molecule has 0 spiro atoms. The smallest absolute Gasteiger partial charge is 0.253 e. The number of aromatic nitrogens is 2. The number of nitrogens with two attached hydrogens (primary N) is 1. The van der Waals surface area contributed by atoms with Crippen LogP contribution >= 0.6 is 0 Å². The summed E-state index contributed by atoms with van der Waals surface area (Å²) in [6, 6.07) is 3.18. The van der Waals surface area contributed by atoms with Gasteiger partial charge >= 0.3 is 0 Å². The maximum Gasteiger partial charge on any atom is 0.253 e. The van der Waals surface area contributed by atoms with Crippen molar-refractivity contribution in [2.24, 2.45) is 11.1 Å². The van der Waals surface area contributed by atoms with Crippen LogP contribution in [-0.2, 0) is 24.0 Å². The Hall–Kier alpha value is -2.41. The summed E-state index contributed by atoms with van der Waals surface area (Å²) >= 11 is 0. The highest BCUT2D eigenvalue weighted by Gasteiger charge is 2.31. The fourth-order valence-corrected chi connectivity index (χ4v) is 4.46. The minimum Gasteiger partial charge on any atom is -0.379 e. The van der Waals surface area contributed by atoms with Gasteiger partial charge in [0.05, 0.1) is 35.3 Å². The first-order valence-corrected chi connectivity index (χ1v) is 10.4. The van der Waals surface area contributed by atoms with E-state index < -0.39 is 11.7 Å². The summed E-state index contributed by atoms with van der Waals surface area (Å²) in [5.74, 6) is -1.41. The van der Waals surface area contributed by atoms with Gasteiger partial charge in [-0.05, 0) is 49.1 Å². The zero-order valence-corrected chi connectivity index (χ0v) is 17.3. The van der Waals surface area contributed by atoms with Crippen molar-refractivity contribution < 1.29 is 13.9 Å². The Morgan fingerprint density at radius 3 is 2.90 bits per heavy atom. The van der Waals surface area contributed by atoms with Crippen LogP contribution < -0.4 is 11.1 Å². The number of carbonyl (C=O) groups is 1. The molecule has 0 unspecified atom stereocenters. The molecular weight excluding hydrogens is 371 g/mol. The Labute approximate surface area is 170 Å². The van der Waals surface area contributed by atoms with Crippen LogP contribution in [-0.4, -0.2) is 34.9 Å². The Morgan fingerprint density at radius 2 is 2.24 bits per heavy atom. The Morgan fingerprint density at radius 1 is 1.45 bits per heavy atom. The largest absolute Gasteiger partial charge is 0.379 e. The molecule has 156 valence electrons. The minimum absolute atomic E-state index is 0.0272. The van der Waals surface area contributed by atoms with Gasteiger partial charge < -0.3 is 15.8 Å². The van der Waals surface area contributed by atoms with Crippen LogP contribution in [0.15, 0.2) is 12.1 Å². The molecule has 1 amide bonds.